The third kappa shape index (κ3) is 5.88. The molecule has 1 aliphatic rings. The van der Waals surface area contributed by atoms with Gasteiger partial charge in [0.15, 0.2) is 0 Å². The van der Waals surface area contributed by atoms with E-state index in [0.717, 1.165) is 24.8 Å². The number of nitrogens with zero attached hydrogens (tertiary/aromatic N) is 2. The van der Waals surface area contributed by atoms with Crippen molar-refractivity contribution in [3.05, 3.63) is 17.4 Å². The highest BCUT2D eigenvalue weighted by Gasteiger charge is 2.10. The minimum atomic E-state index is -0.642. The predicted molar refractivity (Wildman–Crippen MR) is 62.4 cm³/mol. The number of hydrogen-bond acceptors (Lipinski definition) is 3. The fourth-order valence-corrected chi connectivity index (χ4v) is 1.64. The Bertz CT molecular complexity index is 333. The molecule has 0 aromatic heterocycles. The average Bonchev–Trinajstić information content (AvgIpc) is 2.30. The summed E-state index contributed by atoms with van der Waals surface area (Å²) in [6.07, 6.45) is 8.02. The van der Waals surface area contributed by atoms with Crippen LogP contribution in [0.15, 0.2) is 11.8 Å². The Morgan fingerprint density at radius 1 is 1.65 bits per heavy atom. The lowest BCUT2D eigenvalue weighted by atomic mass is 10.1. The molecule has 0 radical (unpaired) electrons. The summed E-state index contributed by atoms with van der Waals surface area (Å²) in [6.45, 7) is 2.21. The predicted octanol–water partition coefficient (Wildman–Crippen LogP) is 2.08. The van der Waals surface area contributed by atoms with Gasteiger partial charge in [0.25, 0.3) is 0 Å². The summed E-state index contributed by atoms with van der Waals surface area (Å²) >= 11 is 0. The van der Waals surface area contributed by atoms with Gasteiger partial charge in [-0.1, -0.05) is 0 Å². The van der Waals surface area contributed by atoms with E-state index >= 15 is 0 Å². The van der Waals surface area contributed by atoms with Crippen molar-refractivity contribution >= 4 is 12.2 Å². The SMILES string of the molecule is CC(CCOC(=O)C=[N+]=[N-])OC1=CCCCC1. The molecule has 0 saturated heterocycles. The fraction of sp³-hybridized carbons (Fsp3) is 0.667. The Morgan fingerprint density at radius 3 is 3.12 bits per heavy atom. The van der Waals surface area contributed by atoms with Gasteiger partial charge in [-0.05, 0) is 32.3 Å². The van der Waals surface area contributed by atoms with Crippen LogP contribution in [0.25, 0.3) is 5.53 Å². The maximum Gasteiger partial charge on any atom is 0.413 e. The highest BCUT2D eigenvalue weighted by atomic mass is 16.5. The molecule has 0 aromatic rings. The van der Waals surface area contributed by atoms with Crippen molar-refractivity contribution in [3.8, 4) is 0 Å². The van der Waals surface area contributed by atoms with Gasteiger partial charge in [-0.2, -0.15) is 4.79 Å². The lowest BCUT2D eigenvalue weighted by Gasteiger charge is -2.19. The Morgan fingerprint density at radius 2 is 2.47 bits per heavy atom. The summed E-state index contributed by atoms with van der Waals surface area (Å²) in [5, 5.41) is 0. The van der Waals surface area contributed by atoms with Gasteiger partial charge in [-0.15, -0.1) is 0 Å². The molecule has 0 aliphatic heterocycles. The van der Waals surface area contributed by atoms with Crippen molar-refractivity contribution in [2.24, 2.45) is 0 Å². The van der Waals surface area contributed by atoms with Gasteiger partial charge in [0.05, 0.1) is 18.5 Å². The number of hydrogen-bond donors (Lipinski definition) is 0. The second-order valence-corrected chi connectivity index (χ2v) is 4.05. The van der Waals surface area contributed by atoms with Crippen LogP contribution in [0, 0.1) is 0 Å². The number of carbonyl (C=O) groups excluding carboxylic acids is 1. The van der Waals surface area contributed by atoms with Crippen molar-refractivity contribution in [2.75, 3.05) is 6.61 Å². The second kappa shape index (κ2) is 7.63. The Hall–Kier alpha value is -1.61. The summed E-state index contributed by atoms with van der Waals surface area (Å²) in [6, 6.07) is 0. The molecule has 1 aliphatic carbocycles. The normalized spacial score (nSPS) is 16.4. The maximum atomic E-state index is 10.8. The number of carbonyl (C=O) groups is 1. The molecule has 0 aromatic carbocycles. The van der Waals surface area contributed by atoms with Crippen molar-refractivity contribution in [1.29, 1.82) is 0 Å². The molecule has 5 nitrogen and oxygen atoms in total. The topological polar surface area (TPSA) is 71.9 Å². The van der Waals surface area contributed by atoms with Crippen LogP contribution in [-0.4, -0.2) is 29.7 Å². The zero-order chi connectivity index (χ0) is 12.5. The quantitative estimate of drug-likeness (QED) is 0.308. The summed E-state index contributed by atoms with van der Waals surface area (Å²) in [7, 11) is 0. The van der Waals surface area contributed by atoms with Crippen molar-refractivity contribution < 1.29 is 19.1 Å². The fourth-order valence-electron chi connectivity index (χ4n) is 1.64. The van der Waals surface area contributed by atoms with Crippen LogP contribution in [0.3, 0.4) is 0 Å². The van der Waals surface area contributed by atoms with Gasteiger partial charge in [-0.25, -0.2) is 4.79 Å². The monoisotopic (exact) mass is 238 g/mol. The molecular formula is C12H18N2O3. The first kappa shape index (κ1) is 13.5. The van der Waals surface area contributed by atoms with E-state index in [1.807, 2.05) is 6.92 Å². The Labute approximate surface area is 101 Å². The van der Waals surface area contributed by atoms with Gasteiger partial charge >= 0.3 is 12.2 Å². The highest BCUT2D eigenvalue weighted by Crippen LogP contribution is 2.20. The van der Waals surface area contributed by atoms with Crippen molar-refractivity contribution in [2.45, 2.75) is 45.1 Å². The van der Waals surface area contributed by atoms with E-state index < -0.39 is 5.97 Å². The van der Waals surface area contributed by atoms with E-state index in [9.17, 15) is 4.79 Å². The van der Waals surface area contributed by atoms with Crippen LogP contribution < -0.4 is 0 Å². The molecule has 0 bridgehead atoms. The summed E-state index contributed by atoms with van der Waals surface area (Å²) in [5.41, 5.74) is 8.10. The standard InChI is InChI=1S/C12H18N2O3/c1-10(7-8-16-12(15)9-14-13)17-11-5-3-2-4-6-11/h5,9-10H,2-4,6-8H2,1H3. The van der Waals surface area contributed by atoms with Gasteiger partial charge in [0.1, 0.15) is 0 Å². The average molecular weight is 238 g/mol. The molecular weight excluding hydrogens is 220 g/mol. The first-order valence-electron chi connectivity index (χ1n) is 5.92. The van der Waals surface area contributed by atoms with Gasteiger partial charge < -0.3 is 15.0 Å². The zero-order valence-corrected chi connectivity index (χ0v) is 10.1. The van der Waals surface area contributed by atoms with E-state index in [0.29, 0.717) is 6.42 Å². The van der Waals surface area contributed by atoms with Crippen molar-refractivity contribution in [1.82, 2.24) is 0 Å². The summed E-state index contributed by atoms with van der Waals surface area (Å²) in [5.74, 6) is 0.406. The molecule has 0 N–H and O–H groups in total. The molecule has 17 heavy (non-hydrogen) atoms. The van der Waals surface area contributed by atoms with Gasteiger partial charge in [0.2, 0.25) is 0 Å². The molecule has 1 unspecified atom stereocenters. The van der Waals surface area contributed by atoms with Gasteiger partial charge in [0, 0.05) is 12.8 Å². The second-order valence-electron chi connectivity index (χ2n) is 4.05. The van der Waals surface area contributed by atoms with Crippen LogP contribution in [0.2, 0.25) is 0 Å². The van der Waals surface area contributed by atoms with E-state index in [1.165, 1.54) is 12.8 Å². The molecule has 94 valence electrons. The summed E-state index contributed by atoms with van der Waals surface area (Å²) < 4.78 is 10.5. The smallest absolute Gasteiger partial charge is 0.413 e. The van der Waals surface area contributed by atoms with Crippen LogP contribution in [0.5, 0.6) is 0 Å². The first-order chi connectivity index (χ1) is 8.22. The summed E-state index contributed by atoms with van der Waals surface area (Å²) in [4.78, 5) is 13.4. The molecule has 5 heteroatoms. The molecule has 1 rings (SSSR count). The molecule has 0 amide bonds. The molecule has 0 saturated carbocycles. The van der Waals surface area contributed by atoms with Crippen LogP contribution in [0.1, 0.15) is 39.0 Å². The first-order valence-corrected chi connectivity index (χ1v) is 5.92. The molecule has 0 fully saturated rings. The van der Waals surface area contributed by atoms with E-state index in [1.54, 1.807) is 0 Å². The van der Waals surface area contributed by atoms with Crippen LogP contribution >= 0.6 is 0 Å². The third-order valence-electron chi connectivity index (χ3n) is 2.53. The largest absolute Gasteiger partial charge is 0.495 e. The molecule has 0 spiro atoms. The van der Waals surface area contributed by atoms with E-state index in [4.69, 9.17) is 15.0 Å². The minimum absolute atomic E-state index is 0.0261. The van der Waals surface area contributed by atoms with Crippen LogP contribution in [0.4, 0.5) is 0 Å². The Balaban J connectivity index is 2.16. The number of ether oxygens (including phenoxy) is 2. The third-order valence-corrected chi connectivity index (χ3v) is 2.53. The van der Waals surface area contributed by atoms with E-state index in [2.05, 4.69) is 10.9 Å². The number of esters is 1. The van der Waals surface area contributed by atoms with Crippen molar-refractivity contribution in [3.63, 3.8) is 0 Å². The molecule has 1 atom stereocenters. The lowest BCUT2D eigenvalue weighted by Crippen LogP contribution is -2.15. The highest BCUT2D eigenvalue weighted by molar-refractivity contribution is 6.20. The number of allylic oxidation sites excluding steroid dienone is 2. The van der Waals surface area contributed by atoms with Gasteiger partial charge in [-0.3, -0.25) is 0 Å². The lowest BCUT2D eigenvalue weighted by molar-refractivity contribution is -0.139. The number of rotatable bonds is 6. The van der Waals surface area contributed by atoms with Crippen LogP contribution in [-0.2, 0) is 14.3 Å². The maximum absolute atomic E-state index is 10.8. The zero-order valence-electron chi connectivity index (χ0n) is 10.1. The minimum Gasteiger partial charge on any atom is -0.495 e. The molecule has 0 heterocycles. The Kier molecular flexibility index (Phi) is 6.04. The van der Waals surface area contributed by atoms with E-state index in [-0.39, 0.29) is 12.7 Å².